The molecule has 0 aliphatic heterocycles. The minimum Gasteiger partial charge on any atom is -0.210 e. The normalized spacial score (nSPS) is 18.0. The van der Waals surface area contributed by atoms with Gasteiger partial charge in [0.1, 0.15) is 0 Å². The average molecular weight is 318 g/mol. The Labute approximate surface area is 111 Å². The molecule has 1 atom stereocenters. The number of aryl methyl sites for hydroxylation is 1. The lowest BCUT2D eigenvalue weighted by molar-refractivity contribution is 0.577. The van der Waals surface area contributed by atoms with Crippen LogP contribution in [0.5, 0.6) is 0 Å². The van der Waals surface area contributed by atoms with Gasteiger partial charge in [-0.2, -0.15) is 0 Å². The van der Waals surface area contributed by atoms with Crippen molar-refractivity contribution in [1.29, 1.82) is 0 Å². The molecule has 1 aliphatic rings. The molecule has 0 heterocycles. The summed E-state index contributed by atoms with van der Waals surface area (Å²) in [6, 6.07) is 6.95. The second-order valence-corrected chi connectivity index (χ2v) is 7.46. The van der Waals surface area contributed by atoms with Gasteiger partial charge < -0.3 is 0 Å². The summed E-state index contributed by atoms with van der Waals surface area (Å²) >= 11 is 3.52. The zero-order chi connectivity index (χ0) is 12.5. The van der Waals surface area contributed by atoms with Crippen LogP contribution < -0.4 is 4.72 Å². The van der Waals surface area contributed by atoms with E-state index in [-0.39, 0.29) is 4.83 Å². The minimum absolute atomic E-state index is 0.252. The predicted octanol–water partition coefficient (Wildman–Crippen LogP) is 2.45. The second-order valence-electron chi connectivity index (χ2n) is 4.52. The highest BCUT2D eigenvalue weighted by atomic mass is 79.9. The number of rotatable bonds is 5. The molecule has 2 rings (SSSR count). The monoisotopic (exact) mass is 317 g/mol. The van der Waals surface area contributed by atoms with Gasteiger partial charge in [-0.15, -0.1) is 0 Å². The molecule has 1 fully saturated rings. The first-order valence-electron chi connectivity index (χ1n) is 5.69. The second kappa shape index (κ2) is 5.08. The van der Waals surface area contributed by atoms with Crippen LogP contribution in [0, 0.1) is 12.8 Å². The van der Waals surface area contributed by atoms with E-state index in [2.05, 4.69) is 20.7 Å². The molecule has 1 saturated carbocycles. The lowest BCUT2D eigenvalue weighted by Gasteiger charge is -2.11. The summed E-state index contributed by atoms with van der Waals surface area (Å²) < 4.78 is 26.6. The van der Waals surface area contributed by atoms with Crippen LogP contribution >= 0.6 is 15.9 Å². The maximum Gasteiger partial charge on any atom is 0.240 e. The summed E-state index contributed by atoms with van der Waals surface area (Å²) in [6.07, 6.45) is 2.39. The Morgan fingerprint density at radius 3 is 2.76 bits per heavy atom. The Bertz CT molecular complexity index is 497. The molecule has 0 spiro atoms. The van der Waals surface area contributed by atoms with Crippen molar-refractivity contribution >= 4 is 26.0 Å². The topological polar surface area (TPSA) is 46.2 Å². The Balaban J connectivity index is 2.03. The van der Waals surface area contributed by atoms with E-state index in [1.54, 1.807) is 18.2 Å². The summed E-state index contributed by atoms with van der Waals surface area (Å²) in [4.78, 5) is 0.593. The van der Waals surface area contributed by atoms with E-state index in [1.165, 1.54) is 12.8 Å². The molecule has 94 valence electrons. The van der Waals surface area contributed by atoms with Gasteiger partial charge in [-0.25, -0.2) is 13.1 Å². The molecular weight excluding hydrogens is 302 g/mol. The predicted molar refractivity (Wildman–Crippen MR) is 71.8 cm³/mol. The summed E-state index contributed by atoms with van der Waals surface area (Å²) in [5.41, 5.74) is 0.950. The largest absolute Gasteiger partial charge is 0.240 e. The number of hydrogen-bond donors (Lipinski definition) is 1. The van der Waals surface area contributed by atoms with Crippen LogP contribution in [-0.4, -0.2) is 19.8 Å². The fourth-order valence-electron chi connectivity index (χ4n) is 1.68. The number of nitrogens with one attached hydrogen (secondary N) is 1. The van der Waals surface area contributed by atoms with Crippen LogP contribution in [0.2, 0.25) is 0 Å². The summed E-state index contributed by atoms with van der Waals surface area (Å²) in [7, 11) is -3.36. The van der Waals surface area contributed by atoms with E-state index in [4.69, 9.17) is 0 Å². The number of alkyl halides is 1. The highest BCUT2D eigenvalue weighted by molar-refractivity contribution is 9.09. The average Bonchev–Trinajstić information content (AvgIpc) is 3.10. The van der Waals surface area contributed by atoms with Crippen molar-refractivity contribution in [3.8, 4) is 0 Å². The third-order valence-electron chi connectivity index (χ3n) is 2.90. The molecule has 0 bridgehead atoms. The molecule has 1 N–H and O–H groups in total. The Morgan fingerprint density at radius 2 is 2.18 bits per heavy atom. The lowest BCUT2D eigenvalue weighted by Crippen LogP contribution is -2.30. The molecule has 1 aromatic rings. The Kier molecular flexibility index (Phi) is 3.90. The highest BCUT2D eigenvalue weighted by Crippen LogP contribution is 2.36. The van der Waals surface area contributed by atoms with Gasteiger partial charge in [0.05, 0.1) is 4.90 Å². The number of halogens is 1. The molecular formula is C12H16BrNO2S. The first-order chi connectivity index (χ1) is 7.99. The number of hydrogen-bond acceptors (Lipinski definition) is 2. The third-order valence-corrected chi connectivity index (χ3v) is 5.39. The molecule has 5 heteroatoms. The van der Waals surface area contributed by atoms with Gasteiger partial charge in [-0.1, -0.05) is 28.1 Å². The number of benzene rings is 1. The first kappa shape index (κ1) is 13.1. The van der Waals surface area contributed by atoms with Gasteiger partial charge in [0, 0.05) is 11.4 Å². The minimum atomic E-state index is -3.36. The number of sulfonamides is 1. The molecule has 0 saturated heterocycles. The third kappa shape index (κ3) is 3.53. The molecule has 0 aromatic heterocycles. The molecule has 0 radical (unpaired) electrons. The van der Waals surface area contributed by atoms with E-state index in [0.29, 0.717) is 17.4 Å². The van der Waals surface area contributed by atoms with Gasteiger partial charge >= 0.3 is 0 Å². The maximum atomic E-state index is 12.0. The zero-order valence-corrected chi connectivity index (χ0v) is 12.1. The van der Waals surface area contributed by atoms with Gasteiger partial charge in [0.15, 0.2) is 0 Å². The summed E-state index contributed by atoms with van der Waals surface area (Å²) in [5.74, 6) is 0.634. The maximum absolute atomic E-state index is 12.0. The van der Waals surface area contributed by atoms with Gasteiger partial charge in [0.25, 0.3) is 0 Å². The van der Waals surface area contributed by atoms with E-state index in [9.17, 15) is 8.42 Å². The van der Waals surface area contributed by atoms with Crippen LogP contribution in [-0.2, 0) is 10.0 Å². The summed E-state index contributed by atoms with van der Waals surface area (Å²) in [6.45, 7) is 2.34. The van der Waals surface area contributed by atoms with Crippen molar-refractivity contribution in [3.63, 3.8) is 0 Å². The molecule has 3 nitrogen and oxygen atoms in total. The van der Waals surface area contributed by atoms with Gasteiger partial charge in [0.2, 0.25) is 10.0 Å². The van der Waals surface area contributed by atoms with Crippen LogP contribution in [0.4, 0.5) is 0 Å². The van der Waals surface area contributed by atoms with Crippen molar-refractivity contribution in [2.24, 2.45) is 5.92 Å². The van der Waals surface area contributed by atoms with Crippen LogP contribution in [0.3, 0.4) is 0 Å². The smallest absolute Gasteiger partial charge is 0.210 e. The van der Waals surface area contributed by atoms with Crippen LogP contribution in [0.1, 0.15) is 18.4 Å². The zero-order valence-electron chi connectivity index (χ0n) is 9.69. The van der Waals surface area contributed by atoms with Crippen LogP contribution in [0.15, 0.2) is 29.2 Å². The van der Waals surface area contributed by atoms with Crippen molar-refractivity contribution in [2.75, 3.05) is 6.54 Å². The van der Waals surface area contributed by atoms with Gasteiger partial charge in [-0.3, -0.25) is 0 Å². The highest BCUT2D eigenvalue weighted by Gasteiger charge is 2.30. The fraction of sp³-hybridized carbons (Fsp3) is 0.500. The standard InChI is InChI=1S/C12H16BrNO2S/c1-9-3-2-4-11(7-9)17(15,16)14-8-12(13)10-5-6-10/h2-4,7,10,12,14H,5-6,8H2,1H3. The van der Waals surface area contributed by atoms with Crippen molar-refractivity contribution in [3.05, 3.63) is 29.8 Å². The van der Waals surface area contributed by atoms with Gasteiger partial charge in [-0.05, 0) is 43.4 Å². The van der Waals surface area contributed by atoms with E-state index in [1.807, 2.05) is 13.0 Å². The molecule has 17 heavy (non-hydrogen) atoms. The molecule has 1 unspecified atom stereocenters. The van der Waals surface area contributed by atoms with Crippen molar-refractivity contribution in [1.82, 2.24) is 4.72 Å². The summed E-state index contributed by atoms with van der Waals surface area (Å²) in [5, 5.41) is 0. The first-order valence-corrected chi connectivity index (χ1v) is 8.09. The van der Waals surface area contributed by atoms with E-state index < -0.39 is 10.0 Å². The molecule has 1 aliphatic carbocycles. The quantitative estimate of drug-likeness (QED) is 0.848. The Morgan fingerprint density at radius 1 is 1.47 bits per heavy atom. The molecule has 0 amide bonds. The van der Waals surface area contributed by atoms with Crippen molar-refractivity contribution in [2.45, 2.75) is 29.5 Å². The fourth-order valence-corrected chi connectivity index (χ4v) is 3.75. The SMILES string of the molecule is Cc1cccc(S(=O)(=O)NCC(Br)C2CC2)c1. The van der Waals surface area contributed by atoms with E-state index in [0.717, 1.165) is 5.56 Å². The van der Waals surface area contributed by atoms with Crippen LogP contribution in [0.25, 0.3) is 0 Å². The molecule has 1 aromatic carbocycles. The van der Waals surface area contributed by atoms with E-state index >= 15 is 0 Å². The Hall–Kier alpha value is -0.390. The lowest BCUT2D eigenvalue weighted by atomic mass is 10.2. The van der Waals surface area contributed by atoms with Crippen molar-refractivity contribution < 1.29 is 8.42 Å².